The van der Waals surface area contributed by atoms with Crippen LogP contribution in [0.4, 0.5) is 5.13 Å². The molecule has 0 N–H and O–H groups in total. The molecule has 1 fully saturated rings. The van der Waals surface area contributed by atoms with Gasteiger partial charge < -0.3 is 18.9 Å². The molecule has 2 heterocycles. The Morgan fingerprint density at radius 3 is 2.67 bits per heavy atom. The van der Waals surface area contributed by atoms with E-state index in [1.54, 1.807) is 44.4 Å². The van der Waals surface area contributed by atoms with Crippen molar-refractivity contribution in [1.29, 1.82) is 0 Å². The van der Waals surface area contributed by atoms with Crippen molar-refractivity contribution in [3.63, 3.8) is 0 Å². The molecule has 1 saturated heterocycles. The summed E-state index contributed by atoms with van der Waals surface area (Å²) in [4.78, 5) is 19.9. The molecule has 0 spiro atoms. The van der Waals surface area contributed by atoms with E-state index in [-0.39, 0.29) is 12.0 Å². The number of hydrogen-bond acceptors (Lipinski definition) is 7. The number of carbonyl (C=O) groups is 1. The molecule has 8 heteroatoms. The Labute approximate surface area is 179 Å². The summed E-state index contributed by atoms with van der Waals surface area (Å²) in [5, 5.41) is 0.633. The average molecular weight is 429 g/mol. The molecule has 1 unspecified atom stereocenters. The van der Waals surface area contributed by atoms with Gasteiger partial charge in [-0.2, -0.15) is 0 Å². The second-order valence-corrected chi connectivity index (χ2v) is 7.96. The summed E-state index contributed by atoms with van der Waals surface area (Å²) in [6.45, 7) is 1.17. The summed E-state index contributed by atoms with van der Waals surface area (Å²) in [5.74, 6) is 1.69. The third-order valence-corrected chi connectivity index (χ3v) is 6.14. The fraction of sp³-hybridized carbons (Fsp3) is 0.364. The Hall–Kier alpha value is -2.84. The summed E-state index contributed by atoms with van der Waals surface area (Å²) in [6, 6.07) is 10.9. The standard InChI is InChI=1S/C22H24N2O5S/c1-26-15-7-8-17-20(12-15)30-22(23-17)24(13-16-5-4-10-29-16)21(25)14-6-9-18(27-2)19(11-14)28-3/h6-9,11-12,16H,4-5,10,13H2,1-3H3. The van der Waals surface area contributed by atoms with Gasteiger partial charge in [0.25, 0.3) is 5.91 Å². The first-order chi connectivity index (χ1) is 14.6. The van der Waals surface area contributed by atoms with Crippen molar-refractivity contribution in [3.8, 4) is 17.2 Å². The monoisotopic (exact) mass is 428 g/mol. The number of hydrogen-bond donors (Lipinski definition) is 0. The topological polar surface area (TPSA) is 70.1 Å². The minimum atomic E-state index is -0.155. The van der Waals surface area contributed by atoms with E-state index >= 15 is 0 Å². The Kier molecular flexibility index (Phi) is 6.06. The van der Waals surface area contributed by atoms with Crippen molar-refractivity contribution in [2.45, 2.75) is 18.9 Å². The average Bonchev–Trinajstić information content (AvgIpc) is 3.45. The lowest BCUT2D eigenvalue weighted by Gasteiger charge is -2.23. The number of thiazole rings is 1. The van der Waals surface area contributed by atoms with E-state index in [2.05, 4.69) is 0 Å². The molecule has 1 aliphatic heterocycles. The van der Waals surface area contributed by atoms with E-state index in [1.807, 2.05) is 18.2 Å². The minimum Gasteiger partial charge on any atom is -0.497 e. The van der Waals surface area contributed by atoms with Crippen molar-refractivity contribution >= 4 is 32.6 Å². The third-order valence-electron chi connectivity index (χ3n) is 5.10. The van der Waals surface area contributed by atoms with Crippen LogP contribution in [-0.4, -0.2) is 51.5 Å². The highest BCUT2D eigenvalue weighted by Crippen LogP contribution is 2.34. The maximum atomic E-state index is 13.5. The van der Waals surface area contributed by atoms with Gasteiger partial charge in [-0.05, 0) is 49.2 Å². The van der Waals surface area contributed by atoms with Crippen molar-refractivity contribution in [2.24, 2.45) is 0 Å². The number of aromatic nitrogens is 1. The normalized spacial score (nSPS) is 15.9. The van der Waals surface area contributed by atoms with Crippen LogP contribution in [0.1, 0.15) is 23.2 Å². The molecule has 4 rings (SSSR count). The molecule has 30 heavy (non-hydrogen) atoms. The zero-order valence-electron chi connectivity index (χ0n) is 17.2. The second-order valence-electron chi connectivity index (χ2n) is 6.95. The van der Waals surface area contributed by atoms with Crippen LogP contribution < -0.4 is 19.1 Å². The van der Waals surface area contributed by atoms with E-state index < -0.39 is 0 Å². The number of anilines is 1. The Morgan fingerprint density at radius 2 is 1.97 bits per heavy atom. The highest BCUT2D eigenvalue weighted by molar-refractivity contribution is 7.22. The fourth-order valence-electron chi connectivity index (χ4n) is 3.50. The number of amides is 1. The Bertz CT molecular complexity index is 1050. The van der Waals surface area contributed by atoms with E-state index in [0.29, 0.717) is 28.7 Å². The van der Waals surface area contributed by atoms with Gasteiger partial charge in [0.2, 0.25) is 0 Å². The molecule has 158 valence electrons. The predicted octanol–water partition coefficient (Wildman–Crippen LogP) is 4.15. The Balaban J connectivity index is 1.71. The summed E-state index contributed by atoms with van der Waals surface area (Å²) in [6.07, 6.45) is 1.92. The summed E-state index contributed by atoms with van der Waals surface area (Å²) in [5.41, 5.74) is 1.33. The van der Waals surface area contributed by atoms with E-state index in [4.69, 9.17) is 23.9 Å². The molecule has 1 aliphatic rings. The SMILES string of the molecule is COc1ccc2nc(N(CC3CCCO3)C(=O)c3ccc(OC)c(OC)c3)sc2c1. The number of carbonyl (C=O) groups excluding carboxylic acids is 1. The molecule has 0 bridgehead atoms. The highest BCUT2D eigenvalue weighted by Gasteiger charge is 2.27. The minimum absolute atomic E-state index is 0.00403. The summed E-state index contributed by atoms with van der Waals surface area (Å²) < 4.78 is 22.7. The number of ether oxygens (including phenoxy) is 4. The molecule has 1 aromatic heterocycles. The van der Waals surface area contributed by atoms with Gasteiger partial charge in [-0.1, -0.05) is 11.3 Å². The van der Waals surface area contributed by atoms with Crippen LogP contribution in [0.3, 0.4) is 0 Å². The maximum Gasteiger partial charge on any atom is 0.260 e. The van der Waals surface area contributed by atoms with Crippen LogP contribution in [0.15, 0.2) is 36.4 Å². The summed E-state index contributed by atoms with van der Waals surface area (Å²) in [7, 11) is 4.75. The number of rotatable bonds is 7. The molecule has 1 amide bonds. The number of nitrogens with zero attached hydrogens (tertiary/aromatic N) is 2. The first-order valence-electron chi connectivity index (χ1n) is 9.73. The van der Waals surface area contributed by atoms with Crippen LogP contribution >= 0.6 is 11.3 Å². The molecule has 0 radical (unpaired) electrons. The van der Waals surface area contributed by atoms with Gasteiger partial charge in [-0.15, -0.1) is 0 Å². The first kappa shape index (κ1) is 20.4. The lowest BCUT2D eigenvalue weighted by Crippen LogP contribution is -2.37. The largest absolute Gasteiger partial charge is 0.497 e. The van der Waals surface area contributed by atoms with Crippen molar-refractivity contribution in [3.05, 3.63) is 42.0 Å². The van der Waals surface area contributed by atoms with Gasteiger partial charge in [0.15, 0.2) is 16.6 Å². The van der Waals surface area contributed by atoms with Crippen LogP contribution in [0.25, 0.3) is 10.2 Å². The zero-order valence-corrected chi connectivity index (χ0v) is 18.0. The van der Waals surface area contributed by atoms with Crippen LogP contribution in [-0.2, 0) is 4.74 Å². The predicted molar refractivity (Wildman–Crippen MR) is 116 cm³/mol. The number of benzene rings is 2. The summed E-state index contributed by atoms with van der Waals surface area (Å²) >= 11 is 1.46. The first-order valence-corrected chi connectivity index (χ1v) is 10.5. The van der Waals surface area contributed by atoms with Gasteiger partial charge in [0.05, 0.1) is 44.2 Å². The molecule has 7 nitrogen and oxygen atoms in total. The van der Waals surface area contributed by atoms with E-state index in [1.165, 1.54) is 11.3 Å². The van der Waals surface area contributed by atoms with Gasteiger partial charge in [0.1, 0.15) is 5.75 Å². The van der Waals surface area contributed by atoms with Gasteiger partial charge in [0, 0.05) is 12.2 Å². The van der Waals surface area contributed by atoms with Crippen LogP contribution in [0.2, 0.25) is 0 Å². The molecular formula is C22H24N2O5S. The second kappa shape index (κ2) is 8.89. The maximum absolute atomic E-state index is 13.5. The van der Waals surface area contributed by atoms with Gasteiger partial charge >= 0.3 is 0 Å². The smallest absolute Gasteiger partial charge is 0.260 e. The lowest BCUT2D eigenvalue weighted by molar-refractivity contribution is 0.0917. The molecule has 0 aliphatic carbocycles. The van der Waals surface area contributed by atoms with Crippen molar-refractivity contribution in [2.75, 3.05) is 39.4 Å². The molecular weight excluding hydrogens is 404 g/mol. The van der Waals surface area contributed by atoms with Gasteiger partial charge in [-0.25, -0.2) is 4.98 Å². The number of methoxy groups -OCH3 is 3. The quantitative estimate of drug-likeness (QED) is 0.563. The van der Waals surface area contributed by atoms with Crippen molar-refractivity contribution in [1.82, 2.24) is 4.98 Å². The van der Waals surface area contributed by atoms with Gasteiger partial charge in [-0.3, -0.25) is 9.69 Å². The van der Waals surface area contributed by atoms with E-state index in [9.17, 15) is 4.79 Å². The molecule has 0 saturated carbocycles. The molecule has 2 aromatic carbocycles. The number of fused-ring (bicyclic) bond motifs is 1. The van der Waals surface area contributed by atoms with Crippen LogP contribution in [0, 0.1) is 0 Å². The molecule has 1 atom stereocenters. The highest BCUT2D eigenvalue weighted by atomic mass is 32.1. The van der Waals surface area contributed by atoms with Crippen molar-refractivity contribution < 1.29 is 23.7 Å². The lowest BCUT2D eigenvalue weighted by atomic mass is 10.1. The third kappa shape index (κ3) is 4.06. The van der Waals surface area contributed by atoms with Crippen LogP contribution in [0.5, 0.6) is 17.2 Å². The zero-order chi connectivity index (χ0) is 21.1. The Morgan fingerprint density at radius 1 is 1.13 bits per heavy atom. The fourth-order valence-corrected chi connectivity index (χ4v) is 4.50. The van der Waals surface area contributed by atoms with E-state index in [0.717, 1.165) is 35.4 Å². The molecule has 3 aromatic rings.